The number of benzene rings is 2. The zero-order valence-electron chi connectivity index (χ0n) is 9.09. The Balaban J connectivity index is 2.19. The average molecular weight is 208 g/mol. The van der Waals surface area contributed by atoms with E-state index in [0.717, 1.165) is 5.52 Å². The van der Waals surface area contributed by atoms with Gasteiger partial charge >= 0.3 is 0 Å². The second kappa shape index (κ2) is 3.49. The predicted molar refractivity (Wildman–Crippen MR) is 66.2 cm³/mol. The van der Waals surface area contributed by atoms with Crippen molar-refractivity contribution in [3.8, 4) is 11.1 Å². The highest BCUT2D eigenvalue weighted by molar-refractivity contribution is 5.81. The Kier molecular flexibility index (Phi) is 2.00. The summed E-state index contributed by atoms with van der Waals surface area (Å²) in [5.41, 5.74) is 4.66. The number of hydrogen-bond donors (Lipinski definition) is 0. The highest BCUT2D eigenvalue weighted by Gasteiger charge is 2.02. The average Bonchev–Trinajstić information content (AvgIpc) is 2.72. The Morgan fingerprint density at radius 3 is 2.56 bits per heavy atom. The molecule has 0 unspecified atom stereocenters. The molecule has 0 aliphatic rings. The van der Waals surface area contributed by atoms with Crippen molar-refractivity contribution in [1.82, 2.24) is 9.55 Å². The van der Waals surface area contributed by atoms with E-state index in [0.29, 0.717) is 0 Å². The standard InChI is InChI=1S/C14H12N2/c1-16-10-15-13-9-12(7-8-14(13)16)11-5-3-2-4-6-11/h2-10H,1H3. The Bertz CT molecular complexity index is 624. The molecule has 0 fully saturated rings. The fourth-order valence-corrected chi connectivity index (χ4v) is 1.95. The number of aromatic nitrogens is 2. The van der Waals surface area contributed by atoms with Crippen molar-refractivity contribution in [2.24, 2.45) is 7.05 Å². The second-order valence-electron chi connectivity index (χ2n) is 3.92. The monoisotopic (exact) mass is 208 g/mol. The van der Waals surface area contributed by atoms with E-state index in [1.807, 2.05) is 24.0 Å². The molecule has 16 heavy (non-hydrogen) atoms. The molecule has 1 aromatic heterocycles. The number of rotatable bonds is 1. The molecule has 0 aliphatic heterocycles. The second-order valence-corrected chi connectivity index (χ2v) is 3.92. The van der Waals surface area contributed by atoms with Crippen molar-refractivity contribution in [1.29, 1.82) is 0 Å². The first-order chi connectivity index (χ1) is 7.84. The van der Waals surface area contributed by atoms with Crippen molar-refractivity contribution >= 4 is 11.0 Å². The van der Waals surface area contributed by atoms with Gasteiger partial charge in [0.15, 0.2) is 0 Å². The first kappa shape index (κ1) is 9.16. The van der Waals surface area contributed by atoms with Gasteiger partial charge in [-0.1, -0.05) is 36.4 Å². The minimum Gasteiger partial charge on any atom is -0.334 e. The number of imidazole rings is 1. The van der Waals surface area contributed by atoms with Gasteiger partial charge in [-0.05, 0) is 23.3 Å². The van der Waals surface area contributed by atoms with Gasteiger partial charge in [-0.15, -0.1) is 0 Å². The fourth-order valence-electron chi connectivity index (χ4n) is 1.95. The van der Waals surface area contributed by atoms with Gasteiger partial charge in [0.05, 0.1) is 17.4 Å². The van der Waals surface area contributed by atoms with Crippen LogP contribution in [0, 0.1) is 0 Å². The zero-order valence-corrected chi connectivity index (χ0v) is 9.09. The molecule has 0 aliphatic carbocycles. The van der Waals surface area contributed by atoms with E-state index >= 15 is 0 Å². The summed E-state index contributed by atoms with van der Waals surface area (Å²) in [6, 6.07) is 16.8. The lowest BCUT2D eigenvalue weighted by Crippen LogP contribution is -1.83. The Morgan fingerprint density at radius 1 is 0.938 bits per heavy atom. The molecule has 2 nitrogen and oxygen atoms in total. The van der Waals surface area contributed by atoms with Crippen molar-refractivity contribution < 1.29 is 0 Å². The molecule has 3 aromatic rings. The van der Waals surface area contributed by atoms with Crippen LogP contribution < -0.4 is 0 Å². The van der Waals surface area contributed by atoms with E-state index < -0.39 is 0 Å². The molecular formula is C14H12N2. The number of aryl methyl sites for hydroxylation is 1. The fraction of sp³-hybridized carbons (Fsp3) is 0.0714. The van der Waals surface area contributed by atoms with E-state index in [1.165, 1.54) is 16.6 Å². The van der Waals surface area contributed by atoms with Crippen LogP contribution in [0.5, 0.6) is 0 Å². The largest absolute Gasteiger partial charge is 0.334 e. The molecular weight excluding hydrogens is 196 g/mol. The van der Waals surface area contributed by atoms with Gasteiger partial charge < -0.3 is 4.57 Å². The molecule has 0 N–H and O–H groups in total. The van der Waals surface area contributed by atoms with E-state index in [-0.39, 0.29) is 0 Å². The van der Waals surface area contributed by atoms with Gasteiger partial charge in [-0.25, -0.2) is 4.98 Å². The van der Waals surface area contributed by atoms with Crippen molar-refractivity contribution in [3.05, 3.63) is 54.9 Å². The van der Waals surface area contributed by atoms with Crippen LogP contribution >= 0.6 is 0 Å². The lowest BCUT2D eigenvalue weighted by atomic mass is 10.1. The van der Waals surface area contributed by atoms with Crippen LogP contribution in [0.3, 0.4) is 0 Å². The minimum atomic E-state index is 1.05. The first-order valence-corrected chi connectivity index (χ1v) is 5.31. The van der Waals surface area contributed by atoms with Gasteiger partial charge in [0.1, 0.15) is 0 Å². The summed E-state index contributed by atoms with van der Waals surface area (Å²) in [4.78, 5) is 4.37. The maximum atomic E-state index is 4.37. The maximum Gasteiger partial charge on any atom is 0.0955 e. The third-order valence-corrected chi connectivity index (χ3v) is 2.83. The van der Waals surface area contributed by atoms with E-state index in [9.17, 15) is 0 Å². The molecule has 0 atom stereocenters. The van der Waals surface area contributed by atoms with Crippen LogP contribution in [0.2, 0.25) is 0 Å². The quantitative estimate of drug-likeness (QED) is 0.600. The third kappa shape index (κ3) is 1.39. The molecule has 0 radical (unpaired) electrons. The molecule has 0 spiro atoms. The lowest BCUT2D eigenvalue weighted by Gasteiger charge is -2.01. The molecule has 0 bridgehead atoms. The summed E-state index contributed by atoms with van der Waals surface area (Å²) < 4.78 is 2.03. The highest BCUT2D eigenvalue weighted by atomic mass is 15.0. The van der Waals surface area contributed by atoms with Crippen LogP contribution in [-0.4, -0.2) is 9.55 Å². The van der Waals surface area contributed by atoms with Crippen LogP contribution in [-0.2, 0) is 7.05 Å². The minimum absolute atomic E-state index is 1.05. The molecule has 0 amide bonds. The number of fused-ring (bicyclic) bond motifs is 1. The summed E-state index contributed by atoms with van der Waals surface area (Å²) in [6.45, 7) is 0. The van der Waals surface area contributed by atoms with Crippen LogP contribution in [0.25, 0.3) is 22.2 Å². The van der Waals surface area contributed by atoms with Gasteiger partial charge in [0.2, 0.25) is 0 Å². The molecule has 0 saturated carbocycles. The van der Waals surface area contributed by atoms with Crippen LogP contribution in [0.1, 0.15) is 0 Å². The molecule has 2 heteroatoms. The summed E-state index contributed by atoms with van der Waals surface area (Å²) in [6.07, 6.45) is 1.85. The van der Waals surface area contributed by atoms with E-state index in [4.69, 9.17) is 0 Å². The van der Waals surface area contributed by atoms with E-state index in [2.05, 4.69) is 47.4 Å². The van der Waals surface area contributed by atoms with Crippen LogP contribution in [0.15, 0.2) is 54.9 Å². The molecule has 0 saturated heterocycles. The van der Waals surface area contributed by atoms with Crippen molar-refractivity contribution in [3.63, 3.8) is 0 Å². The van der Waals surface area contributed by atoms with E-state index in [1.54, 1.807) is 0 Å². The van der Waals surface area contributed by atoms with Gasteiger partial charge in [-0.3, -0.25) is 0 Å². The topological polar surface area (TPSA) is 17.8 Å². The van der Waals surface area contributed by atoms with Gasteiger partial charge in [0.25, 0.3) is 0 Å². The Morgan fingerprint density at radius 2 is 1.75 bits per heavy atom. The summed E-state index contributed by atoms with van der Waals surface area (Å²) in [5, 5.41) is 0. The Labute approximate surface area is 94.2 Å². The maximum absolute atomic E-state index is 4.37. The lowest BCUT2D eigenvalue weighted by molar-refractivity contribution is 0.948. The van der Waals surface area contributed by atoms with Crippen LogP contribution in [0.4, 0.5) is 0 Å². The van der Waals surface area contributed by atoms with Gasteiger partial charge in [0, 0.05) is 7.05 Å². The predicted octanol–water partition coefficient (Wildman–Crippen LogP) is 3.24. The van der Waals surface area contributed by atoms with Gasteiger partial charge in [-0.2, -0.15) is 0 Å². The zero-order chi connectivity index (χ0) is 11.0. The molecule has 78 valence electrons. The smallest absolute Gasteiger partial charge is 0.0955 e. The first-order valence-electron chi connectivity index (χ1n) is 5.31. The third-order valence-electron chi connectivity index (χ3n) is 2.83. The molecule has 1 heterocycles. The Hall–Kier alpha value is -2.09. The highest BCUT2D eigenvalue weighted by Crippen LogP contribution is 2.22. The summed E-state index contributed by atoms with van der Waals surface area (Å²) >= 11 is 0. The number of hydrogen-bond acceptors (Lipinski definition) is 1. The SMILES string of the molecule is Cn1cnc2cc(-c3ccccc3)ccc21. The summed E-state index contributed by atoms with van der Waals surface area (Å²) in [5.74, 6) is 0. The normalized spacial score (nSPS) is 10.8. The van der Waals surface area contributed by atoms with Crippen molar-refractivity contribution in [2.75, 3.05) is 0 Å². The molecule has 2 aromatic carbocycles. The summed E-state index contributed by atoms with van der Waals surface area (Å²) in [7, 11) is 2.01. The van der Waals surface area contributed by atoms with Crippen molar-refractivity contribution in [2.45, 2.75) is 0 Å². The number of nitrogens with zero attached hydrogens (tertiary/aromatic N) is 2. The molecule has 3 rings (SSSR count).